The maximum atomic E-state index is 13.5. The number of nitrogens with one attached hydrogen (secondary N) is 1. The zero-order valence-corrected chi connectivity index (χ0v) is 19.2. The summed E-state index contributed by atoms with van der Waals surface area (Å²) >= 11 is 0. The Labute approximate surface area is 194 Å². The molecule has 1 saturated heterocycles. The zero-order valence-electron chi connectivity index (χ0n) is 19.2. The Morgan fingerprint density at radius 3 is 2.67 bits per heavy atom. The normalized spacial score (nSPS) is 18.5. The number of ether oxygens (including phenoxy) is 2. The van der Waals surface area contributed by atoms with Gasteiger partial charge in [-0.1, -0.05) is 42.0 Å². The molecule has 1 aromatic heterocycles. The van der Waals surface area contributed by atoms with Crippen molar-refractivity contribution in [3.63, 3.8) is 0 Å². The van der Waals surface area contributed by atoms with Gasteiger partial charge >= 0.3 is 0 Å². The average Bonchev–Trinajstić information content (AvgIpc) is 3.38. The minimum absolute atomic E-state index is 0.00376. The third-order valence-corrected chi connectivity index (χ3v) is 6.43. The van der Waals surface area contributed by atoms with E-state index in [1.54, 1.807) is 0 Å². The van der Waals surface area contributed by atoms with E-state index in [0.29, 0.717) is 18.8 Å². The number of hydrogen-bond acceptors (Lipinski definition) is 5. The predicted octanol–water partition coefficient (Wildman–Crippen LogP) is 3.66. The summed E-state index contributed by atoms with van der Waals surface area (Å²) in [5.41, 5.74) is 5.59. The molecule has 1 amide bonds. The summed E-state index contributed by atoms with van der Waals surface area (Å²) in [7, 11) is 0. The first kappa shape index (κ1) is 21.7. The molecule has 2 aliphatic rings. The van der Waals surface area contributed by atoms with Crippen molar-refractivity contribution >= 4 is 5.91 Å². The second-order valence-electron chi connectivity index (χ2n) is 8.59. The van der Waals surface area contributed by atoms with Crippen molar-refractivity contribution < 1.29 is 14.3 Å². The van der Waals surface area contributed by atoms with Crippen LogP contribution in [0.1, 0.15) is 40.1 Å². The highest BCUT2D eigenvalue weighted by atomic mass is 16.5. The van der Waals surface area contributed by atoms with Gasteiger partial charge in [0.1, 0.15) is 11.4 Å². The van der Waals surface area contributed by atoms with Crippen LogP contribution in [0.3, 0.4) is 0 Å². The molecule has 1 atom stereocenters. The molecule has 1 fully saturated rings. The number of nitrogens with zero attached hydrogens (tertiary/aromatic N) is 3. The Kier molecular flexibility index (Phi) is 6.15. The van der Waals surface area contributed by atoms with Crippen molar-refractivity contribution in [2.75, 3.05) is 46.0 Å². The number of rotatable bonds is 7. The first-order valence-corrected chi connectivity index (χ1v) is 11.6. The molecular formula is C26H30N4O3. The first-order valence-electron chi connectivity index (χ1n) is 11.6. The summed E-state index contributed by atoms with van der Waals surface area (Å²) in [6.45, 7) is 9.37. The Hall–Kier alpha value is -3.16. The maximum absolute atomic E-state index is 13.5. The van der Waals surface area contributed by atoms with Crippen LogP contribution in [0.5, 0.6) is 5.75 Å². The molecule has 3 aromatic rings. The number of benzene rings is 2. The number of amides is 1. The molecule has 0 aliphatic carbocycles. The van der Waals surface area contributed by atoms with Crippen molar-refractivity contribution in [3.8, 4) is 17.0 Å². The van der Waals surface area contributed by atoms with Crippen LogP contribution in [0.2, 0.25) is 0 Å². The minimum atomic E-state index is -0.219. The first-order chi connectivity index (χ1) is 16.2. The van der Waals surface area contributed by atoms with E-state index in [1.165, 1.54) is 5.56 Å². The Morgan fingerprint density at radius 2 is 1.91 bits per heavy atom. The van der Waals surface area contributed by atoms with E-state index in [1.807, 2.05) is 30.0 Å². The van der Waals surface area contributed by atoms with Crippen molar-refractivity contribution in [2.24, 2.45) is 0 Å². The van der Waals surface area contributed by atoms with Gasteiger partial charge < -0.3 is 14.4 Å². The monoisotopic (exact) mass is 446 g/mol. The molecule has 1 unspecified atom stereocenters. The van der Waals surface area contributed by atoms with Crippen LogP contribution in [0.15, 0.2) is 48.5 Å². The number of H-pyrrole nitrogens is 1. The summed E-state index contributed by atoms with van der Waals surface area (Å²) in [4.78, 5) is 17.9. The molecule has 1 N–H and O–H groups in total. The van der Waals surface area contributed by atoms with E-state index in [0.717, 1.165) is 61.0 Å². The second kappa shape index (κ2) is 9.37. The van der Waals surface area contributed by atoms with Crippen molar-refractivity contribution in [1.82, 2.24) is 20.0 Å². The Bertz CT molecular complexity index is 1120. The molecule has 3 heterocycles. The van der Waals surface area contributed by atoms with Gasteiger partial charge in [0.2, 0.25) is 0 Å². The molecule has 2 aliphatic heterocycles. The van der Waals surface area contributed by atoms with Gasteiger partial charge in [-0.15, -0.1) is 0 Å². The Morgan fingerprint density at radius 1 is 1.12 bits per heavy atom. The molecule has 0 spiro atoms. The lowest BCUT2D eigenvalue weighted by Gasteiger charge is -2.31. The number of aromatic nitrogens is 2. The third kappa shape index (κ3) is 4.26. The van der Waals surface area contributed by atoms with Crippen LogP contribution in [0, 0.1) is 6.92 Å². The minimum Gasteiger partial charge on any atom is -0.494 e. The van der Waals surface area contributed by atoms with Gasteiger partial charge in [0.15, 0.2) is 0 Å². The molecule has 0 radical (unpaired) electrons. The van der Waals surface area contributed by atoms with Gasteiger partial charge in [0.25, 0.3) is 5.91 Å². The number of aryl methyl sites for hydroxylation is 1. The predicted molar refractivity (Wildman–Crippen MR) is 127 cm³/mol. The fourth-order valence-corrected chi connectivity index (χ4v) is 4.72. The number of carbonyl (C=O) groups excluding carboxylic acids is 1. The van der Waals surface area contributed by atoms with Crippen LogP contribution < -0.4 is 4.74 Å². The van der Waals surface area contributed by atoms with Crippen molar-refractivity contribution in [3.05, 3.63) is 70.9 Å². The summed E-state index contributed by atoms with van der Waals surface area (Å²) in [6.07, 6.45) is 0. The van der Waals surface area contributed by atoms with E-state index in [-0.39, 0.29) is 11.9 Å². The highest BCUT2D eigenvalue weighted by Gasteiger charge is 2.42. The number of carbonyl (C=O) groups is 1. The lowest BCUT2D eigenvalue weighted by molar-refractivity contribution is 0.0316. The molecule has 2 aromatic carbocycles. The quantitative estimate of drug-likeness (QED) is 0.600. The SMILES string of the molecule is CCOc1cccc(C2c3c(-c4ccc(C)cc4)n[nH]c3C(=O)N2CCN2CCOCC2)c1. The maximum Gasteiger partial charge on any atom is 0.273 e. The van der Waals surface area contributed by atoms with Crippen molar-refractivity contribution in [1.29, 1.82) is 0 Å². The highest BCUT2D eigenvalue weighted by Crippen LogP contribution is 2.43. The van der Waals surface area contributed by atoms with Crippen LogP contribution >= 0.6 is 0 Å². The number of morpholine rings is 1. The largest absolute Gasteiger partial charge is 0.494 e. The molecule has 172 valence electrons. The van der Waals surface area contributed by atoms with Crippen LogP contribution in [-0.4, -0.2) is 71.9 Å². The van der Waals surface area contributed by atoms with Crippen LogP contribution in [-0.2, 0) is 4.74 Å². The molecule has 7 heteroatoms. The van der Waals surface area contributed by atoms with E-state index >= 15 is 0 Å². The third-order valence-electron chi connectivity index (χ3n) is 6.43. The molecule has 7 nitrogen and oxygen atoms in total. The lowest BCUT2D eigenvalue weighted by atomic mass is 9.95. The van der Waals surface area contributed by atoms with Crippen LogP contribution in [0.4, 0.5) is 0 Å². The summed E-state index contributed by atoms with van der Waals surface area (Å²) in [6, 6.07) is 16.1. The van der Waals surface area contributed by atoms with Gasteiger partial charge in [-0.25, -0.2) is 0 Å². The molecule has 5 rings (SSSR count). The van der Waals surface area contributed by atoms with Crippen LogP contribution in [0.25, 0.3) is 11.3 Å². The molecular weight excluding hydrogens is 416 g/mol. The van der Waals surface area contributed by atoms with E-state index in [2.05, 4.69) is 52.4 Å². The van der Waals surface area contributed by atoms with E-state index in [4.69, 9.17) is 9.47 Å². The van der Waals surface area contributed by atoms with Crippen molar-refractivity contribution in [2.45, 2.75) is 19.9 Å². The van der Waals surface area contributed by atoms with E-state index in [9.17, 15) is 4.79 Å². The fourth-order valence-electron chi connectivity index (χ4n) is 4.72. The standard InChI is InChI=1S/C26H30N4O3/c1-3-33-21-6-4-5-20(17-21)25-22-23(19-9-7-18(2)8-10-19)27-28-24(22)26(31)30(25)12-11-29-13-15-32-16-14-29/h4-10,17,25H,3,11-16H2,1-2H3,(H,27,28). The fraction of sp³-hybridized carbons (Fsp3) is 0.385. The number of aromatic amines is 1. The van der Waals surface area contributed by atoms with E-state index < -0.39 is 0 Å². The summed E-state index contributed by atoms with van der Waals surface area (Å²) in [5, 5.41) is 7.63. The number of hydrogen-bond donors (Lipinski definition) is 1. The smallest absolute Gasteiger partial charge is 0.273 e. The summed E-state index contributed by atoms with van der Waals surface area (Å²) < 4.78 is 11.3. The zero-order chi connectivity index (χ0) is 22.8. The molecule has 0 saturated carbocycles. The number of fused-ring (bicyclic) bond motifs is 1. The average molecular weight is 447 g/mol. The second-order valence-corrected chi connectivity index (χ2v) is 8.59. The summed E-state index contributed by atoms with van der Waals surface area (Å²) in [5.74, 6) is 0.806. The van der Waals surface area contributed by atoms with Gasteiger partial charge in [-0.3, -0.25) is 14.8 Å². The molecule has 0 bridgehead atoms. The highest BCUT2D eigenvalue weighted by molar-refractivity contribution is 6.00. The lowest BCUT2D eigenvalue weighted by Crippen LogP contribution is -2.42. The van der Waals surface area contributed by atoms with Gasteiger partial charge in [0.05, 0.1) is 31.6 Å². The molecule has 33 heavy (non-hydrogen) atoms. The van der Waals surface area contributed by atoms with Gasteiger partial charge in [0, 0.05) is 37.3 Å². The van der Waals surface area contributed by atoms with Gasteiger partial charge in [-0.2, -0.15) is 5.10 Å². The topological polar surface area (TPSA) is 70.7 Å². The Balaban J connectivity index is 1.53. The van der Waals surface area contributed by atoms with Gasteiger partial charge in [-0.05, 0) is 31.5 Å².